The largest absolute Gasteiger partial charge is 0.399 e. The number of likely N-dealkylation sites (tertiary alicyclic amines) is 1. The molecule has 21 heavy (non-hydrogen) atoms. The molecule has 1 fully saturated rings. The van der Waals surface area contributed by atoms with Crippen LogP contribution < -0.4 is 11.1 Å². The molecule has 112 valence electrons. The third-order valence-electron chi connectivity index (χ3n) is 3.61. The van der Waals surface area contributed by atoms with Crippen LogP contribution >= 0.6 is 0 Å². The van der Waals surface area contributed by atoms with Gasteiger partial charge >= 0.3 is 0 Å². The van der Waals surface area contributed by atoms with Gasteiger partial charge in [-0.2, -0.15) is 0 Å². The SMILES string of the molecule is CN1C(=O)CCC(NC(=O)CCc2ccc(N)cc2)C1=O. The van der Waals surface area contributed by atoms with Gasteiger partial charge in [0.05, 0.1) is 0 Å². The zero-order valence-electron chi connectivity index (χ0n) is 12.0. The van der Waals surface area contributed by atoms with Crippen molar-refractivity contribution in [2.45, 2.75) is 31.7 Å². The Balaban J connectivity index is 1.83. The molecule has 0 saturated carbocycles. The maximum Gasteiger partial charge on any atom is 0.251 e. The van der Waals surface area contributed by atoms with Crippen LogP contribution in [0, 0.1) is 0 Å². The zero-order chi connectivity index (χ0) is 15.4. The second-order valence-corrected chi connectivity index (χ2v) is 5.19. The van der Waals surface area contributed by atoms with Crippen molar-refractivity contribution in [2.24, 2.45) is 0 Å². The molecule has 2 rings (SSSR count). The van der Waals surface area contributed by atoms with E-state index in [1.807, 2.05) is 12.1 Å². The first-order valence-electron chi connectivity index (χ1n) is 6.91. The van der Waals surface area contributed by atoms with E-state index < -0.39 is 6.04 Å². The topological polar surface area (TPSA) is 92.5 Å². The zero-order valence-corrected chi connectivity index (χ0v) is 12.0. The molecule has 6 nitrogen and oxygen atoms in total. The monoisotopic (exact) mass is 289 g/mol. The molecule has 1 heterocycles. The minimum atomic E-state index is -0.591. The van der Waals surface area contributed by atoms with Crippen LogP contribution in [0.2, 0.25) is 0 Å². The summed E-state index contributed by atoms with van der Waals surface area (Å²) in [6.45, 7) is 0. The second kappa shape index (κ2) is 6.39. The minimum absolute atomic E-state index is 0.187. The number of imide groups is 1. The number of anilines is 1. The molecule has 1 aromatic carbocycles. The van der Waals surface area contributed by atoms with Gasteiger partial charge in [-0.15, -0.1) is 0 Å². The van der Waals surface area contributed by atoms with Gasteiger partial charge in [-0.1, -0.05) is 12.1 Å². The summed E-state index contributed by atoms with van der Waals surface area (Å²) < 4.78 is 0. The van der Waals surface area contributed by atoms with Crippen LogP contribution in [0.25, 0.3) is 0 Å². The molecule has 1 aromatic rings. The Hall–Kier alpha value is -2.37. The van der Waals surface area contributed by atoms with Crippen LogP contribution in [-0.4, -0.2) is 35.7 Å². The van der Waals surface area contributed by atoms with Crippen LogP contribution in [0.1, 0.15) is 24.8 Å². The maximum absolute atomic E-state index is 11.9. The molecule has 1 aliphatic heterocycles. The van der Waals surface area contributed by atoms with Crippen LogP contribution in [0.15, 0.2) is 24.3 Å². The number of hydrogen-bond acceptors (Lipinski definition) is 4. The molecular weight excluding hydrogens is 270 g/mol. The third-order valence-corrected chi connectivity index (χ3v) is 3.61. The average Bonchev–Trinajstić information content (AvgIpc) is 2.47. The number of likely N-dealkylation sites (N-methyl/N-ethyl adjacent to an activating group) is 1. The number of piperidine rings is 1. The van der Waals surface area contributed by atoms with Crippen molar-refractivity contribution in [1.82, 2.24) is 10.2 Å². The van der Waals surface area contributed by atoms with E-state index >= 15 is 0 Å². The fraction of sp³-hybridized carbons (Fsp3) is 0.400. The summed E-state index contributed by atoms with van der Waals surface area (Å²) in [6.07, 6.45) is 1.54. The van der Waals surface area contributed by atoms with Gasteiger partial charge in [0.15, 0.2) is 0 Å². The van der Waals surface area contributed by atoms with Crippen LogP contribution in [0.4, 0.5) is 5.69 Å². The molecule has 1 saturated heterocycles. The van der Waals surface area contributed by atoms with E-state index in [-0.39, 0.29) is 24.1 Å². The van der Waals surface area contributed by atoms with E-state index in [4.69, 9.17) is 5.73 Å². The number of nitrogen functional groups attached to an aromatic ring is 1. The highest BCUT2D eigenvalue weighted by Gasteiger charge is 2.32. The van der Waals surface area contributed by atoms with Crippen LogP contribution in [-0.2, 0) is 20.8 Å². The molecule has 0 aliphatic carbocycles. The molecule has 0 radical (unpaired) electrons. The van der Waals surface area contributed by atoms with E-state index in [2.05, 4.69) is 5.32 Å². The van der Waals surface area contributed by atoms with Crippen LogP contribution in [0.5, 0.6) is 0 Å². The number of amides is 3. The van der Waals surface area contributed by atoms with Gasteiger partial charge in [0, 0.05) is 25.6 Å². The lowest BCUT2D eigenvalue weighted by Crippen LogP contribution is -2.52. The third kappa shape index (κ3) is 3.81. The fourth-order valence-corrected chi connectivity index (χ4v) is 2.26. The Kier molecular flexibility index (Phi) is 4.57. The van der Waals surface area contributed by atoms with E-state index in [0.29, 0.717) is 24.9 Å². The van der Waals surface area contributed by atoms with Crippen LogP contribution in [0.3, 0.4) is 0 Å². The summed E-state index contributed by atoms with van der Waals surface area (Å²) in [5.41, 5.74) is 7.30. The fourth-order valence-electron chi connectivity index (χ4n) is 2.26. The van der Waals surface area contributed by atoms with Crippen molar-refractivity contribution in [3.63, 3.8) is 0 Å². The number of aryl methyl sites for hydroxylation is 1. The Bertz CT molecular complexity index is 554. The lowest BCUT2D eigenvalue weighted by molar-refractivity contribution is -0.149. The maximum atomic E-state index is 11.9. The van der Waals surface area contributed by atoms with Gasteiger partial charge in [0.2, 0.25) is 11.8 Å². The van der Waals surface area contributed by atoms with E-state index in [0.717, 1.165) is 10.5 Å². The number of nitrogens with two attached hydrogens (primary N) is 1. The summed E-state index contributed by atoms with van der Waals surface area (Å²) in [4.78, 5) is 36.2. The molecule has 0 aromatic heterocycles. The average molecular weight is 289 g/mol. The number of benzene rings is 1. The first kappa shape index (κ1) is 15.0. The second-order valence-electron chi connectivity index (χ2n) is 5.19. The molecular formula is C15H19N3O3. The van der Waals surface area contributed by atoms with Gasteiger partial charge in [-0.3, -0.25) is 19.3 Å². The number of nitrogens with zero attached hydrogens (tertiary/aromatic N) is 1. The van der Waals surface area contributed by atoms with Gasteiger partial charge in [-0.05, 0) is 30.5 Å². The number of hydrogen-bond donors (Lipinski definition) is 2. The van der Waals surface area contributed by atoms with Gasteiger partial charge in [-0.25, -0.2) is 0 Å². The number of nitrogens with one attached hydrogen (secondary N) is 1. The molecule has 1 aliphatic rings. The molecule has 1 atom stereocenters. The molecule has 3 amide bonds. The molecule has 0 bridgehead atoms. The Morgan fingerprint density at radius 2 is 2.00 bits per heavy atom. The Labute approximate surface area is 123 Å². The summed E-state index contributed by atoms with van der Waals surface area (Å²) in [5.74, 6) is -0.729. The summed E-state index contributed by atoms with van der Waals surface area (Å²) in [5, 5.41) is 2.69. The highest BCUT2D eigenvalue weighted by atomic mass is 16.2. The summed E-state index contributed by atoms with van der Waals surface area (Å²) >= 11 is 0. The summed E-state index contributed by atoms with van der Waals surface area (Å²) in [7, 11) is 1.44. The summed E-state index contributed by atoms with van der Waals surface area (Å²) in [6, 6.07) is 6.74. The number of carbonyl (C=O) groups is 3. The smallest absolute Gasteiger partial charge is 0.251 e. The highest BCUT2D eigenvalue weighted by Crippen LogP contribution is 2.12. The Morgan fingerprint density at radius 1 is 1.33 bits per heavy atom. The van der Waals surface area contributed by atoms with Crippen molar-refractivity contribution in [3.05, 3.63) is 29.8 Å². The highest BCUT2D eigenvalue weighted by molar-refractivity contribution is 6.01. The van der Waals surface area contributed by atoms with Gasteiger partial charge in [0.25, 0.3) is 5.91 Å². The standard InChI is InChI=1S/C15H19N3O3/c1-18-14(20)9-7-12(15(18)21)17-13(19)8-4-10-2-5-11(16)6-3-10/h2-3,5-6,12H,4,7-9,16H2,1H3,(H,17,19). The van der Waals surface area contributed by atoms with Gasteiger partial charge in [0.1, 0.15) is 6.04 Å². The van der Waals surface area contributed by atoms with Crippen molar-refractivity contribution in [3.8, 4) is 0 Å². The van der Waals surface area contributed by atoms with E-state index in [1.54, 1.807) is 12.1 Å². The normalized spacial score (nSPS) is 18.7. The lowest BCUT2D eigenvalue weighted by Gasteiger charge is -2.28. The molecule has 0 spiro atoms. The van der Waals surface area contributed by atoms with E-state index in [9.17, 15) is 14.4 Å². The predicted octanol–water partition coefficient (Wildman–Crippen LogP) is 0.465. The van der Waals surface area contributed by atoms with Crippen molar-refractivity contribution in [1.29, 1.82) is 0 Å². The van der Waals surface area contributed by atoms with Crippen molar-refractivity contribution >= 4 is 23.4 Å². The first-order valence-corrected chi connectivity index (χ1v) is 6.91. The van der Waals surface area contributed by atoms with E-state index in [1.165, 1.54) is 7.05 Å². The van der Waals surface area contributed by atoms with Crippen molar-refractivity contribution < 1.29 is 14.4 Å². The molecule has 1 unspecified atom stereocenters. The molecule has 3 N–H and O–H groups in total. The molecule has 6 heteroatoms. The van der Waals surface area contributed by atoms with Gasteiger partial charge < -0.3 is 11.1 Å². The predicted molar refractivity (Wildman–Crippen MR) is 78.1 cm³/mol. The first-order chi connectivity index (χ1) is 9.97. The number of rotatable bonds is 4. The lowest BCUT2D eigenvalue weighted by atomic mass is 10.0. The van der Waals surface area contributed by atoms with Crippen molar-refractivity contribution in [2.75, 3.05) is 12.8 Å². The Morgan fingerprint density at radius 3 is 2.67 bits per heavy atom. The minimum Gasteiger partial charge on any atom is -0.399 e. The number of carbonyl (C=O) groups excluding carboxylic acids is 3. The quantitative estimate of drug-likeness (QED) is 0.622.